The Kier molecular flexibility index (Phi) is 7.78. The van der Waals surface area contributed by atoms with Crippen molar-refractivity contribution >= 4 is 27.3 Å². The Morgan fingerprint density at radius 1 is 1.33 bits per heavy atom. The van der Waals surface area contributed by atoms with Crippen molar-refractivity contribution in [3.63, 3.8) is 0 Å². The van der Waals surface area contributed by atoms with Crippen LogP contribution in [0.5, 0.6) is 0 Å². The third kappa shape index (κ3) is 8.69. The summed E-state index contributed by atoms with van der Waals surface area (Å²) in [6.07, 6.45) is 1.97. The third-order valence-corrected chi connectivity index (χ3v) is 3.94. The molecule has 0 rings (SSSR count). The molecule has 0 aromatic carbocycles. The normalized spacial score (nSPS) is 11.3. The molecule has 0 aliphatic heterocycles. The average molecular weight is 256 g/mol. The molecule has 0 heterocycles. The van der Waals surface area contributed by atoms with Gasteiger partial charge in [-0.25, -0.2) is 8.42 Å². The predicted molar refractivity (Wildman–Crippen MR) is 61.9 cm³/mol. The molecule has 0 fully saturated rings. The molecule has 0 radical (unpaired) electrons. The molecule has 1 amide bonds. The lowest BCUT2D eigenvalue weighted by atomic mass is 10.2. The number of rotatable bonds is 8. The second-order valence-corrected chi connectivity index (χ2v) is 6.08. The molecule has 4 nitrogen and oxygen atoms in total. The van der Waals surface area contributed by atoms with Crippen molar-refractivity contribution in [1.29, 1.82) is 0 Å². The Bertz CT molecular complexity index is 277. The van der Waals surface area contributed by atoms with Gasteiger partial charge < -0.3 is 5.32 Å². The summed E-state index contributed by atoms with van der Waals surface area (Å²) in [5.74, 6) is 0.587. The van der Waals surface area contributed by atoms with Crippen molar-refractivity contribution in [3.8, 4) is 0 Å². The van der Waals surface area contributed by atoms with E-state index in [1.54, 1.807) is 6.92 Å². The summed E-state index contributed by atoms with van der Waals surface area (Å²) >= 11 is 5.46. The third-order valence-electron chi connectivity index (χ3n) is 1.96. The standard InChI is InChI=1S/C9H18ClNO3S/c1-2-15(13,14)8-7-11-9(12)5-3-4-6-10/h2-8H2,1H3,(H,11,12). The summed E-state index contributed by atoms with van der Waals surface area (Å²) in [5, 5.41) is 2.57. The van der Waals surface area contributed by atoms with Crippen LogP contribution in [0.3, 0.4) is 0 Å². The van der Waals surface area contributed by atoms with Crippen molar-refractivity contribution in [3.05, 3.63) is 0 Å². The van der Waals surface area contributed by atoms with Crippen molar-refractivity contribution in [2.75, 3.05) is 23.9 Å². The van der Waals surface area contributed by atoms with Crippen molar-refractivity contribution in [2.45, 2.75) is 26.2 Å². The zero-order chi connectivity index (χ0) is 11.7. The molecular formula is C9H18ClNO3S. The summed E-state index contributed by atoms with van der Waals surface area (Å²) in [4.78, 5) is 11.1. The lowest BCUT2D eigenvalue weighted by Gasteiger charge is -2.04. The van der Waals surface area contributed by atoms with Crippen LogP contribution in [0, 0.1) is 0 Å². The number of amides is 1. The van der Waals surface area contributed by atoms with Crippen molar-refractivity contribution in [1.82, 2.24) is 5.32 Å². The maximum Gasteiger partial charge on any atom is 0.220 e. The van der Waals surface area contributed by atoms with E-state index >= 15 is 0 Å². The highest BCUT2D eigenvalue weighted by Crippen LogP contribution is 1.96. The van der Waals surface area contributed by atoms with Gasteiger partial charge in [0.2, 0.25) is 5.91 Å². The first kappa shape index (κ1) is 14.7. The smallest absolute Gasteiger partial charge is 0.220 e. The number of unbranched alkanes of at least 4 members (excludes halogenated alkanes) is 1. The van der Waals surface area contributed by atoms with Crippen LogP contribution in [0.2, 0.25) is 0 Å². The van der Waals surface area contributed by atoms with Crippen molar-refractivity contribution < 1.29 is 13.2 Å². The maximum absolute atomic E-state index is 11.1. The summed E-state index contributed by atoms with van der Waals surface area (Å²) in [7, 11) is -2.98. The monoisotopic (exact) mass is 255 g/mol. The van der Waals surface area contributed by atoms with Crippen LogP contribution in [-0.4, -0.2) is 38.3 Å². The van der Waals surface area contributed by atoms with Crippen LogP contribution >= 0.6 is 11.6 Å². The van der Waals surface area contributed by atoms with E-state index in [-0.39, 0.29) is 24.0 Å². The van der Waals surface area contributed by atoms with E-state index in [2.05, 4.69) is 5.32 Å². The molecule has 0 saturated heterocycles. The number of carbonyl (C=O) groups excluding carboxylic acids is 1. The predicted octanol–water partition coefficient (Wildman–Crippen LogP) is 0.946. The number of alkyl halides is 1. The molecule has 0 atom stereocenters. The van der Waals surface area contributed by atoms with E-state index in [9.17, 15) is 13.2 Å². The molecule has 0 aliphatic rings. The summed E-state index contributed by atoms with van der Waals surface area (Å²) < 4.78 is 22.1. The Labute approximate surface area is 96.3 Å². The highest BCUT2D eigenvalue weighted by molar-refractivity contribution is 7.91. The number of hydrogen-bond donors (Lipinski definition) is 1. The van der Waals surface area contributed by atoms with Gasteiger partial charge in [-0.1, -0.05) is 6.92 Å². The van der Waals surface area contributed by atoms with Gasteiger partial charge in [-0.05, 0) is 12.8 Å². The minimum absolute atomic E-state index is 0.0186. The second-order valence-electron chi connectivity index (χ2n) is 3.23. The molecule has 0 aliphatic carbocycles. The van der Waals surface area contributed by atoms with Gasteiger partial charge >= 0.3 is 0 Å². The average Bonchev–Trinajstić information content (AvgIpc) is 2.18. The van der Waals surface area contributed by atoms with Crippen LogP contribution in [0.1, 0.15) is 26.2 Å². The van der Waals surface area contributed by atoms with Gasteiger partial charge in [0, 0.05) is 24.6 Å². The molecule has 15 heavy (non-hydrogen) atoms. The first-order valence-electron chi connectivity index (χ1n) is 5.05. The number of carbonyl (C=O) groups is 1. The zero-order valence-electron chi connectivity index (χ0n) is 8.96. The van der Waals surface area contributed by atoms with Crippen LogP contribution in [0.25, 0.3) is 0 Å². The Morgan fingerprint density at radius 3 is 2.53 bits per heavy atom. The highest BCUT2D eigenvalue weighted by atomic mass is 35.5. The summed E-state index contributed by atoms with van der Waals surface area (Å²) in [5.41, 5.74) is 0. The first-order chi connectivity index (χ1) is 7.02. The highest BCUT2D eigenvalue weighted by Gasteiger charge is 2.07. The Balaban J connectivity index is 3.55. The van der Waals surface area contributed by atoms with Gasteiger partial charge in [0.1, 0.15) is 0 Å². The fourth-order valence-electron chi connectivity index (χ4n) is 0.959. The van der Waals surface area contributed by atoms with Gasteiger partial charge in [0.25, 0.3) is 0 Å². The van der Waals surface area contributed by atoms with Gasteiger partial charge in [-0.3, -0.25) is 4.79 Å². The van der Waals surface area contributed by atoms with Crippen LogP contribution in [0.4, 0.5) is 0 Å². The fraction of sp³-hybridized carbons (Fsp3) is 0.889. The van der Waals surface area contributed by atoms with E-state index in [0.29, 0.717) is 12.3 Å². The van der Waals surface area contributed by atoms with Crippen molar-refractivity contribution in [2.24, 2.45) is 0 Å². The molecule has 0 spiro atoms. The van der Waals surface area contributed by atoms with Crippen LogP contribution < -0.4 is 5.32 Å². The van der Waals surface area contributed by atoms with E-state index in [1.807, 2.05) is 0 Å². The molecular weight excluding hydrogens is 238 g/mol. The molecule has 90 valence electrons. The van der Waals surface area contributed by atoms with Gasteiger partial charge in [0.05, 0.1) is 5.75 Å². The van der Waals surface area contributed by atoms with Gasteiger partial charge in [-0.2, -0.15) is 0 Å². The quantitative estimate of drug-likeness (QED) is 0.519. The lowest BCUT2D eigenvalue weighted by Crippen LogP contribution is -2.29. The Hall–Kier alpha value is -0.290. The molecule has 0 aromatic heterocycles. The van der Waals surface area contributed by atoms with E-state index in [0.717, 1.165) is 12.8 Å². The van der Waals surface area contributed by atoms with Crippen LogP contribution in [0.15, 0.2) is 0 Å². The Morgan fingerprint density at radius 2 is 2.00 bits per heavy atom. The summed E-state index contributed by atoms with van der Waals surface area (Å²) in [6, 6.07) is 0. The zero-order valence-corrected chi connectivity index (χ0v) is 10.5. The van der Waals surface area contributed by atoms with E-state index < -0.39 is 9.84 Å². The maximum atomic E-state index is 11.1. The van der Waals surface area contributed by atoms with E-state index in [4.69, 9.17) is 11.6 Å². The fourth-order valence-corrected chi connectivity index (χ4v) is 1.85. The molecule has 1 N–H and O–H groups in total. The molecule has 0 bridgehead atoms. The second kappa shape index (κ2) is 7.93. The van der Waals surface area contributed by atoms with Crippen LogP contribution in [-0.2, 0) is 14.6 Å². The summed E-state index contributed by atoms with van der Waals surface area (Å²) in [6.45, 7) is 1.80. The SMILES string of the molecule is CCS(=O)(=O)CCNC(=O)CCCCCl. The van der Waals surface area contributed by atoms with Gasteiger partial charge in [0.15, 0.2) is 9.84 Å². The van der Waals surface area contributed by atoms with Gasteiger partial charge in [-0.15, -0.1) is 11.6 Å². The largest absolute Gasteiger partial charge is 0.355 e. The number of hydrogen-bond acceptors (Lipinski definition) is 3. The molecule has 0 aromatic rings. The number of halogens is 1. The topological polar surface area (TPSA) is 63.2 Å². The first-order valence-corrected chi connectivity index (χ1v) is 7.40. The lowest BCUT2D eigenvalue weighted by molar-refractivity contribution is -0.121. The minimum atomic E-state index is -2.98. The minimum Gasteiger partial charge on any atom is -0.355 e. The van der Waals surface area contributed by atoms with E-state index in [1.165, 1.54) is 0 Å². The molecule has 0 unspecified atom stereocenters. The number of nitrogens with one attached hydrogen (secondary N) is 1. The molecule has 6 heteroatoms. The molecule has 0 saturated carbocycles. The number of sulfone groups is 1.